The highest BCUT2D eigenvalue weighted by molar-refractivity contribution is 7.92. The number of hydrogen-bond acceptors (Lipinski definition) is 5. The molecule has 1 aliphatic rings. The maximum Gasteiger partial charge on any atom is 0.265 e. The van der Waals surface area contributed by atoms with E-state index in [0.717, 1.165) is 22.2 Å². The Bertz CT molecular complexity index is 1690. The summed E-state index contributed by atoms with van der Waals surface area (Å²) < 4.78 is 39.5. The van der Waals surface area contributed by atoms with Crippen molar-refractivity contribution in [3.63, 3.8) is 0 Å². The number of fused-ring (bicyclic) bond motifs is 2. The molecule has 0 radical (unpaired) electrons. The number of rotatable bonds is 6. The average molecular weight is 585 g/mol. The maximum atomic E-state index is 13.7. The molecule has 1 unspecified atom stereocenters. The Balaban J connectivity index is 0.000000282. The lowest BCUT2D eigenvalue weighted by molar-refractivity contribution is -0.106. The van der Waals surface area contributed by atoms with Gasteiger partial charge in [-0.25, -0.2) is 8.42 Å². The van der Waals surface area contributed by atoms with Gasteiger partial charge in [-0.3, -0.25) is 9.29 Å². The maximum absolute atomic E-state index is 13.7. The Morgan fingerprint density at radius 1 is 0.805 bits per heavy atom. The van der Waals surface area contributed by atoms with Gasteiger partial charge in [-0.1, -0.05) is 90.5 Å². The van der Waals surface area contributed by atoms with Crippen LogP contribution in [0.25, 0.3) is 17.0 Å². The summed E-state index contributed by atoms with van der Waals surface area (Å²) in [5.41, 5.74) is 4.21. The Kier molecular flexibility index (Phi) is 8.81. The van der Waals surface area contributed by atoms with Gasteiger partial charge in [-0.15, -0.1) is 0 Å². The molecular formula is C33H29ClN2O4S. The van der Waals surface area contributed by atoms with Crippen LogP contribution >= 0.6 is 11.6 Å². The zero-order valence-electron chi connectivity index (χ0n) is 22.6. The Morgan fingerprint density at radius 3 is 2.17 bits per heavy atom. The number of benzene rings is 4. The first kappa shape index (κ1) is 28.5. The summed E-state index contributed by atoms with van der Waals surface area (Å²) in [4.78, 5) is 4.36. The average Bonchev–Trinajstić information content (AvgIpc) is 3.02. The molecular weight excluding hydrogens is 556 g/mol. The van der Waals surface area contributed by atoms with E-state index in [1.54, 1.807) is 26.4 Å². The van der Waals surface area contributed by atoms with E-state index in [1.165, 1.54) is 21.8 Å². The first-order valence-corrected chi connectivity index (χ1v) is 14.8. The van der Waals surface area contributed by atoms with Crippen molar-refractivity contribution in [2.45, 2.75) is 17.2 Å². The third-order valence-electron chi connectivity index (χ3n) is 6.75. The second-order valence-electron chi connectivity index (χ2n) is 9.28. The molecule has 0 saturated carbocycles. The highest BCUT2D eigenvalue weighted by atomic mass is 35.5. The number of hydrogen-bond donors (Lipinski definition) is 0. The molecule has 0 fully saturated rings. The van der Waals surface area contributed by atoms with Gasteiger partial charge in [0.15, 0.2) is 6.29 Å². The van der Waals surface area contributed by atoms with Crippen LogP contribution in [-0.2, 0) is 19.5 Å². The fourth-order valence-electron chi connectivity index (χ4n) is 4.73. The summed E-state index contributed by atoms with van der Waals surface area (Å²) in [5.74, 6) is 0. The zero-order valence-corrected chi connectivity index (χ0v) is 24.2. The van der Waals surface area contributed by atoms with Crippen molar-refractivity contribution in [1.29, 1.82) is 0 Å². The molecule has 0 aliphatic carbocycles. The fourth-order valence-corrected chi connectivity index (χ4v) is 6.48. The quantitative estimate of drug-likeness (QED) is 0.190. The van der Waals surface area contributed by atoms with Crippen LogP contribution in [0.3, 0.4) is 0 Å². The third-order valence-corrected chi connectivity index (χ3v) is 8.81. The van der Waals surface area contributed by atoms with Gasteiger partial charge in [0.2, 0.25) is 0 Å². The predicted octanol–water partition coefficient (Wildman–Crippen LogP) is 7.83. The van der Waals surface area contributed by atoms with E-state index in [1.807, 2.05) is 91.1 Å². The van der Waals surface area contributed by atoms with E-state index in [0.29, 0.717) is 10.7 Å². The number of pyridine rings is 1. The van der Waals surface area contributed by atoms with Gasteiger partial charge >= 0.3 is 0 Å². The van der Waals surface area contributed by atoms with Crippen LogP contribution in [-0.4, -0.2) is 27.6 Å². The van der Waals surface area contributed by atoms with E-state index in [4.69, 9.17) is 21.1 Å². The number of sulfonamides is 1. The summed E-state index contributed by atoms with van der Waals surface area (Å²) in [7, 11) is -0.706. The second kappa shape index (κ2) is 12.7. The summed E-state index contributed by atoms with van der Waals surface area (Å²) in [6.45, 7) is 0. The van der Waals surface area contributed by atoms with Crippen molar-refractivity contribution in [2.24, 2.45) is 0 Å². The summed E-state index contributed by atoms with van der Waals surface area (Å²) in [6, 6.07) is 32.8. The van der Waals surface area contributed by atoms with Crippen LogP contribution in [0, 0.1) is 0 Å². The van der Waals surface area contributed by atoms with E-state index < -0.39 is 22.4 Å². The molecule has 2 heterocycles. The zero-order chi connectivity index (χ0) is 28.8. The van der Waals surface area contributed by atoms with E-state index in [2.05, 4.69) is 17.1 Å². The molecule has 1 atom stereocenters. The summed E-state index contributed by atoms with van der Waals surface area (Å²) in [5, 5.41) is 1.68. The minimum Gasteiger partial charge on any atom is -0.352 e. The van der Waals surface area contributed by atoms with Gasteiger partial charge in [-0.2, -0.15) is 0 Å². The molecule has 0 bridgehead atoms. The van der Waals surface area contributed by atoms with Gasteiger partial charge in [0.1, 0.15) is 0 Å². The molecule has 6 rings (SSSR count). The summed E-state index contributed by atoms with van der Waals surface area (Å²) in [6.07, 6.45) is 5.18. The highest BCUT2D eigenvalue weighted by Crippen LogP contribution is 2.40. The number of ether oxygens (including phenoxy) is 2. The largest absolute Gasteiger partial charge is 0.352 e. The van der Waals surface area contributed by atoms with Crippen molar-refractivity contribution in [3.05, 3.63) is 143 Å². The molecule has 1 aromatic heterocycles. The van der Waals surface area contributed by atoms with E-state index >= 15 is 0 Å². The van der Waals surface area contributed by atoms with Gasteiger partial charge in [0, 0.05) is 36.4 Å². The molecule has 6 nitrogen and oxygen atoms in total. The number of aromatic nitrogens is 1. The minimum absolute atomic E-state index is 0.183. The third kappa shape index (κ3) is 6.19. The van der Waals surface area contributed by atoms with Gasteiger partial charge < -0.3 is 9.47 Å². The van der Waals surface area contributed by atoms with Crippen LogP contribution in [0.1, 0.15) is 29.0 Å². The predicted molar refractivity (Wildman–Crippen MR) is 164 cm³/mol. The molecule has 1 aliphatic heterocycles. The topological polar surface area (TPSA) is 68.7 Å². The smallest absolute Gasteiger partial charge is 0.265 e. The van der Waals surface area contributed by atoms with Crippen LogP contribution in [0.5, 0.6) is 0 Å². The molecule has 41 heavy (non-hydrogen) atoms. The Hall–Kier alpha value is -4.01. The lowest BCUT2D eigenvalue weighted by Crippen LogP contribution is -2.36. The molecule has 208 valence electrons. The highest BCUT2D eigenvalue weighted by Gasteiger charge is 2.34. The fraction of sp³-hybridized carbons (Fsp3) is 0.121. The van der Waals surface area contributed by atoms with E-state index in [9.17, 15) is 8.42 Å². The van der Waals surface area contributed by atoms with Gasteiger partial charge in [0.25, 0.3) is 10.0 Å². The molecule has 0 saturated heterocycles. The molecule has 4 aromatic carbocycles. The first-order valence-electron chi connectivity index (χ1n) is 12.9. The molecule has 0 N–H and O–H groups in total. The van der Waals surface area contributed by atoms with Crippen molar-refractivity contribution in [1.82, 2.24) is 4.98 Å². The molecule has 0 spiro atoms. The SMILES string of the molecule is COC(OC)c1ccc(C2C=Cc3ccccc3N2S(=O)(=O)c2ccc(Cl)cc2)cc1.c1ccc2ncccc2c1. The summed E-state index contributed by atoms with van der Waals surface area (Å²) >= 11 is 5.98. The lowest BCUT2D eigenvalue weighted by atomic mass is 9.99. The molecule has 8 heteroatoms. The molecule has 5 aromatic rings. The number of para-hydroxylation sites is 2. The second-order valence-corrected chi connectivity index (χ2v) is 11.5. The van der Waals surface area contributed by atoms with Crippen LogP contribution < -0.4 is 4.31 Å². The lowest BCUT2D eigenvalue weighted by Gasteiger charge is -2.35. The number of methoxy groups -OCH3 is 2. The Labute approximate surface area is 245 Å². The van der Waals surface area contributed by atoms with Crippen LogP contribution in [0.15, 0.2) is 126 Å². The first-order chi connectivity index (χ1) is 19.9. The van der Waals surface area contributed by atoms with Crippen molar-refractivity contribution in [2.75, 3.05) is 18.5 Å². The number of anilines is 1. The Morgan fingerprint density at radius 2 is 1.46 bits per heavy atom. The standard InChI is InChI=1S/C24H22ClNO4S.C9H7N/c1-29-24(30-2)19-9-7-18(8-10-19)23-16-11-17-5-3-4-6-22(17)26(23)31(27,28)21-14-12-20(25)13-15-21;1-2-6-9-8(4-1)5-3-7-10-9/h3-16,23-24H,1-2H3;1-7H. The van der Waals surface area contributed by atoms with Crippen LogP contribution in [0.2, 0.25) is 5.02 Å². The normalized spacial score (nSPS) is 14.4. The monoisotopic (exact) mass is 584 g/mol. The van der Waals surface area contributed by atoms with E-state index in [-0.39, 0.29) is 4.90 Å². The minimum atomic E-state index is -3.85. The number of nitrogens with zero attached hydrogens (tertiary/aromatic N) is 2. The molecule has 0 amide bonds. The van der Waals surface area contributed by atoms with Gasteiger partial charge in [-0.05, 0) is 53.6 Å². The van der Waals surface area contributed by atoms with Crippen molar-refractivity contribution >= 4 is 44.3 Å². The van der Waals surface area contributed by atoms with Gasteiger partial charge in [0.05, 0.1) is 22.1 Å². The van der Waals surface area contributed by atoms with Crippen molar-refractivity contribution in [3.8, 4) is 0 Å². The van der Waals surface area contributed by atoms with Crippen molar-refractivity contribution < 1.29 is 17.9 Å². The van der Waals surface area contributed by atoms with Crippen LogP contribution in [0.4, 0.5) is 5.69 Å². The number of halogens is 1.